The Labute approximate surface area is 92.8 Å². The van der Waals surface area contributed by atoms with Gasteiger partial charge in [0.1, 0.15) is 5.76 Å². The topological polar surface area (TPSA) is 66.7 Å². The summed E-state index contributed by atoms with van der Waals surface area (Å²) < 4.78 is 4.84. The van der Waals surface area contributed by atoms with E-state index in [9.17, 15) is 9.59 Å². The highest BCUT2D eigenvalue weighted by Gasteiger charge is 2.30. The molecule has 6 heteroatoms. The van der Waals surface area contributed by atoms with Gasteiger partial charge in [-0.15, -0.1) is 0 Å². The number of nitrogens with zero attached hydrogens (tertiary/aromatic N) is 3. The molecule has 0 unspecified atom stereocenters. The molecule has 16 heavy (non-hydrogen) atoms. The molecule has 1 fully saturated rings. The summed E-state index contributed by atoms with van der Waals surface area (Å²) >= 11 is 0. The van der Waals surface area contributed by atoms with Crippen LogP contribution in [0, 0.1) is 6.92 Å². The smallest absolute Gasteiger partial charge is 0.294 e. The average Bonchev–Trinajstić information content (AvgIpc) is 2.84. The van der Waals surface area contributed by atoms with E-state index in [0.717, 1.165) is 6.42 Å². The normalized spacial score (nSPS) is 15.6. The van der Waals surface area contributed by atoms with E-state index in [1.807, 2.05) is 0 Å². The van der Waals surface area contributed by atoms with Crippen LogP contribution in [0.3, 0.4) is 0 Å². The van der Waals surface area contributed by atoms with E-state index >= 15 is 0 Å². The van der Waals surface area contributed by atoms with Crippen LogP contribution in [-0.2, 0) is 4.79 Å². The van der Waals surface area contributed by atoms with Crippen molar-refractivity contribution in [1.82, 2.24) is 15.2 Å². The zero-order valence-electron chi connectivity index (χ0n) is 9.27. The Balaban J connectivity index is 2.18. The van der Waals surface area contributed by atoms with Gasteiger partial charge in [-0.2, -0.15) is 0 Å². The second-order valence-electron chi connectivity index (χ2n) is 3.75. The van der Waals surface area contributed by atoms with Gasteiger partial charge >= 0.3 is 0 Å². The summed E-state index contributed by atoms with van der Waals surface area (Å²) in [5.41, 5.74) is 0.241. The van der Waals surface area contributed by atoms with Crippen LogP contribution >= 0.6 is 0 Å². The molecule has 2 heterocycles. The molecule has 0 bridgehead atoms. The van der Waals surface area contributed by atoms with Gasteiger partial charge in [0.25, 0.3) is 5.91 Å². The minimum Gasteiger partial charge on any atom is -0.361 e. The summed E-state index contributed by atoms with van der Waals surface area (Å²) in [5.74, 6) is 0.160. The molecule has 6 nitrogen and oxygen atoms in total. The van der Waals surface area contributed by atoms with Gasteiger partial charge in [-0.3, -0.25) is 14.6 Å². The first-order valence-electron chi connectivity index (χ1n) is 5.13. The summed E-state index contributed by atoms with van der Waals surface area (Å²) in [6.45, 7) is 4.29. The molecule has 1 aliphatic heterocycles. The fourth-order valence-electron chi connectivity index (χ4n) is 1.75. The first-order valence-corrected chi connectivity index (χ1v) is 5.13. The lowest BCUT2D eigenvalue weighted by atomic mass is 10.3. The minimum absolute atomic E-state index is 0.133. The molecule has 0 saturated carbocycles. The fraction of sp³-hybridized carbons (Fsp3) is 0.500. The van der Waals surface area contributed by atoms with Crippen molar-refractivity contribution < 1.29 is 14.1 Å². The Bertz CT molecular complexity index is 427. The molecule has 1 saturated heterocycles. The summed E-state index contributed by atoms with van der Waals surface area (Å²) in [4.78, 5) is 23.3. The molecular weight excluding hydrogens is 210 g/mol. The third kappa shape index (κ3) is 1.78. The summed E-state index contributed by atoms with van der Waals surface area (Å²) in [5, 5.41) is 6.50. The lowest BCUT2D eigenvalue weighted by Crippen LogP contribution is -2.43. The third-order valence-electron chi connectivity index (χ3n) is 2.48. The van der Waals surface area contributed by atoms with Crippen LogP contribution in [0.2, 0.25) is 0 Å². The highest BCUT2D eigenvalue weighted by Crippen LogP contribution is 2.15. The Morgan fingerprint density at radius 2 is 2.06 bits per heavy atom. The van der Waals surface area contributed by atoms with Crippen molar-refractivity contribution in [2.24, 2.45) is 0 Å². The molecule has 0 spiro atoms. The van der Waals surface area contributed by atoms with Crippen LogP contribution in [0.15, 0.2) is 10.6 Å². The van der Waals surface area contributed by atoms with Gasteiger partial charge in [0, 0.05) is 26.1 Å². The first kappa shape index (κ1) is 10.7. The Morgan fingerprint density at radius 3 is 2.62 bits per heavy atom. The molecule has 0 N–H and O–H groups in total. The van der Waals surface area contributed by atoms with Gasteiger partial charge in [-0.1, -0.05) is 5.16 Å². The lowest BCUT2D eigenvalue weighted by molar-refractivity contribution is -0.138. The van der Waals surface area contributed by atoms with Crippen LogP contribution < -0.4 is 0 Å². The summed E-state index contributed by atoms with van der Waals surface area (Å²) in [6.07, 6.45) is 0.794. The Hall–Kier alpha value is -1.85. The lowest BCUT2D eigenvalue weighted by Gasteiger charge is -2.25. The van der Waals surface area contributed by atoms with Gasteiger partial charge in [-0.05, 0) is 13.3 Å². The van der Waals surface area contributed by atoms with Crippen LogP contribution in [0.1, 0.15) is 29.6 Å². The van der Waals surface area contributed by atoms with Crippen molar-refractivity contribution in [2.75, 3.05) is 13.1 Å². The number of rotatable bonds is 1. The monoisotopic (exact) mass is 223 g/mol. The highest BCUT2D eigenvalue weighted by molar-refractivity contribution is 5.93. The number of carbonyl (C=O) groups excluding carboxylic acids is 2. The standard InChI is InChI=1S/C10H13N3O3/c1-7-6-9(11-16-7)10(15)13-5-3-4-12(13)8(2)14/h6H,3-5H2,1-2H3. The van der Waals surface area contributed by atoms with Crippen molar-refractivity contribution >= 4 is 11.8 Å². The minimum atomic E-state index is -0.287. The molecule has 0 aliphatic carbocycles. The molecule has 1 aromatic heterocycles. The van der Waals surface area contributed by atoms with Crippen molar-refractivity contribution in [2.45, 2.75) is 20.3 Å². The number of hydrogen-bond donors (Lipinski definition) is 0. The van der Waals surface area contributed by atoms with Crippen LogP contribution in [0.5, 0.6) is 0 Å². The number of amides is 2. The van der Waals surface area contributed by atoms with Crippen LogP contribution in [-0.4, -0.2) is 40.1 Å². The highest BCUT2D eigenvalue weighted by atomic mass is 16.5. The number of hydrogen-bond acceptors (Lipinski definition) is 4. The van der Waals surface area contributed by atoms with Crippen molar-refractivity contribution in [1.29, 1.82) is 0 Å². The second kappa shape index (κ2) is 3.96. The number of carbonyl (C=O) groups is 2. The number of hydrazine groups is 1. The molecule has 1 aromatic rings. The van der Waals surface area contributed by atoms with Gasteiger partial charge in [-0.25, -0.2) is 5.01 Å². The van der Waals surface area contributed by atoms with Gasteiger partial charge in [0.15, 0.2) is 5.69 Å². The maximum atomic E-state index is 12.0. The molecule has 1 aliphatic rings. The van der Waals surface area contributed by atoms with Crippen molar-refractivity contribution in [3.05, 3.63) is 17.5 Å². The number of aryl methyl sites for hydroxylation is 1. The van der Waals surface area contributed by atoms with E-state index in [1.165, 1.54) is 16.9 Å². The van der Waals surface area contributed by atoms with Crippen LogP contribution in [0.25, 0.3) is 0 Å². The summed E-state index contributed by atoms with van der Waals surface area (Å²) in [6, 6.07) is 1.57. The number of aromatic nitrogens is 1. The molecule has 0 aromatic carbocycles. The first-order chi connectivity index (χ1) is 7.59. The van der Waals surface area contributed by atoms with Gasteiger partial charge in [0.05, 0.1) is 0 Å². The molecule has 86 valence electrons. The summed E-state index contributed by atoms with van der Waals surface area (Å²) in [7, 11) is 0. The average molecular weight is 223 g/mol. The van der Waals surface area contributed by atoms with Crippen molar-refractivity contribution in [3.63, 3.8) is 0 Å². The molecule has 0 atom stereocenters. The molecule has 2 rings (SSSR count). The zero-order valence-corrected chi connectivity index (χ0v) is 9.27. The van der Waals surface area contributed by atoms with E-state index in [0.29, 0.717) is 18.8 Å². The molecule has 2 amide bonds. The maximum Gasteiger partial charge on any atom is 0.294 e. The van der Waals surface area contributed by atoms with Gasteiger partial charge in [0.2, 0.25) is 5.91 Å². The SMILES string of the molecule is CC(=O)N1CCCN1C(=O)c1cc(C)on1. The largest absolute Gasteiger partial charge is 0.361 e. The van der Waals surface area contributed by atoms with Crippen LogP contribution in [0.4, 0.5) is 0 Å². The quantitative estimate of drug-likeness (QED) is 0.699. The van der Waals surface area contributed by atoms with Gasteiger partial charge < -0.3 is 4.52 Å². The maximum absolute atomic E-state index is 12.0. The molecule has 0 radical (unpaired) electrons. The Kier molecular flexibility index (Phi) is 2.64. The van der Waals surface area contributed by atoms with E-state index in [1.54, 1.807) is 13.0 Å². The third-order valence-corrected chi connectivity index (χ3v) is 2.48. The Morgan fingerprint density at radius 1 is 1.38 bits per heavy atom. The van der Waals surface area contributed by atoms with E-state index in [4.69, 9.17) is 4.52 Å². The molecular formula is C10H13N3O3. The van der Waals surface area contributed by atoms with E-state index in [2.05, 4.69) is 5.16 Å². The predicted molar refractivity (Wildman–Crippen MR) is 54.3 cm³/mol. The predicted octanol–water partition coefficient (Wildman–Crippen LogP) is 0.592. The zero-order chi connectivity index (χ0) is 11.7. The van der Waals surface area contributed by atoms with E-state index in [-0.39, 0.29) is 17.5 Å². The van der Waals surface area contributed by atoms with Crippen molar-refractivity contribution in [3.8, 4) is 0 Å². The fourth-order valence-corrected chi connectivity index (χ4v) is 1.75. The second-order valence-corrected chi connectivity index (χ2v) is 3.75. The van der Waals surface area contributed by atoms with E-state index < -0.39 is 0 Å².